The van der Waals surface area contributed by atoms with Gasteiger partial charge in [-0.05, 0) is 61.2 Å². The minimum absolute atomic E-state index is 0.0238. The summed E-state index contributed by atoms with van der Waals surface area (Å²) in [4.78, 5) is 30.9. The summed E-state index contributed by atoms with van der Waals surface area (Å²) in [6.45, 7) is 0.427. The summed E-state index contributed by atoms with van der Waals surface area (Å²) in [6.07, 6.45) is -5.04. The van der Waals surface area contributed by atoms with Gasteiger partial charge in [-0.25, -0.2) is 4.98 Å². The number of aliphatic hydroxyl groups excluding tert-OH is 3. The number of fused-ring (bicyclic) bond motifs is 2. The standard InChI is InChI=1S/C29H30N2O11/c1-13-7-16-21(18(33)8-13)24(35)22-17(23(16)34)10-15(40-2)11-19(22)41-27-25(36)26(37)28(38,29(39,12-32)42-27)5-3-14-4-6-31-20(30)9-14/h4,6-11,25-27,32-33,36-39H,3,5,12H2,1-2H3,(H2,30,31). The number of aromatic nitrogens is 1. The molecule has 42 heavy (non-hydrogen) atoms. The average molecular weight is 583 g/mol. The van der Waals surface area contributed by atoms with Crippen LogP contribution in [0.4, 0.5) is 5.82 Å². The third-order valence-electron chi connectivity index (χ3n) is 7.69. The number of ketones is 2. The molecule has 5 rings (SSSR count). The zero-order chi connectivity index (χ0) is 30.6. The Bertz CT molecular complexity index is 1580. The fourth-order valence-corrected chi connectivity index (χ4v) is 5.42. The maximum Gasteiger partial charge on any atom is 0.231 e. The third-order valence-corrected chi connectivity index (χ3v) is 7.69. The molecule has 8 N–H and O–H groups in total. The largest absolute Gasteiger partial charge is 0.507 e. The van der Waals surface area contributed by atoms with E-state index >= 15 is 0 Å². The molecule has 1 saturated heterocycles. The second-order valence-corrected chi connectivity index (χ2v) is 10.4. The first kappa shape index (κ1) is 29.4. The number of anilines is 1. The van der Waals surface area contributed by atoms with Crippen molar-refractivity contribution in [3.8, 4) is 17.2 Å². The highest BCUT2D eigenvalue weighted by molar-refractivity contribution is 6.30. The van der Waals surface area contributed by atoms with E-state index in [4.69, 9.17) is 19.9 Å². The summed E-state index contributed by atoms with van der Waals surface area (Å²) in [5.41, 5.74) is 3.53. The molecule has 0 amide bonds. The normalized spacial score (nSPS) is 26.9. The molecule has 0 spiro atoms. The van der Waals surface area contributed by atoms with Crippen LogP contribution in [0.5, 0.6) is 17.2 Å². The van der Waals surface area contributed by atoms with Crippen molar-refractivity contribution in [2.75, 3.05) is 19.5 Å². The number of carbonyl (C=O) groups is 2. The van der Waals surface area contributed by atoms with E-state index in [0.717, 1.165) is 0 Å². The van der Waals surface area contributed by atoms with Crippen molar-refractivity contribution in [3.05, 3.63) is 76.0 Å². The Hall–Kier alpha value is -4.11. The van der Waals surface area contributed by atoms with Crippen molar-refractivity contribution in [2.24, 2.45) is 0 Å². The number of nitrogens with zero attached hydrogens (tertiary/aromatic N) is 1. The topological polar surface area (TPSA) is 222 Å². The molecular weight excluding hydrogens is 552 g/mol. The molecule has 222 valence electrons. The van der Waals surface area contributed by atoms with E-state index in [0.29, 0.717) is 11.1 Å². The van der Waals surface area contributed by atoms with Crippen molar-refractivity contribution in [1.82, 2.24) is 4.98 Å². The van der Waals surface area contributed by atoms with E-state index in [2.05, 4.69) is 4.98 Å². The lowest BCUT2D eigenvalue weighted by Gasteiger charge is -2.52. The number of aliphatic hydroxyl groups is 5. The molecule has 0 radical (unpaired) electrons. The van der Waals surface area contributed by atoms with Crippen LogP contribution >= 0.6 is 0 Å². The third kappa shape index (κ3) is 4.65. The van der Waals surface area contributed by atoms with Gasteiger partial charge in [-0.2, -0.15) is 0 Å². The number of hydrogen-bond acceptors (Lipinski definition) is 13. The maximum absolute atomic E-state index is 13.6. The SMILES string of the molecule is COc1cc(OC2OC(O)(CO)C(O)(CCc3ccnc(N)c3)C(O)C2O)c2c(c1)C(=O)c1cc(C)cc(O)c1C2=O. The van der Waals surface area contributed by atoms with E-state index in [1.54, 1.807) is 13.0 Å². The van der Waals surface area contributed by atoms with Gasteiger partial charge in [-0.15, -0.1) is 0 Å². The lowest BCUT2D eigenvalue weighted by molar-refractivity contribution is -0.419. The van der Waals surface area contributed by atoms with E-state index < -0.39 is 60.2 Å². The van der Waals surface area contributed by atoms with Crippen LogP contribution in [-0.4, -0.2) is 90.8 Å². The van der Waals surface area contributed by atoms with Gasteiger partial charge in [0, 0.05) is 23.4 Å². The summed E-state index contributed by atoms with van der Waals surface area (Å²) in [6, 6.07) is 8.43. The Morgan fingerprint density at radius 3 is 2.43 bits per heavy atom. The lowest BCUT2D eigenvalue weighted by Crippen LogP contribution is -2.74. The molecule has 3 aromatic rings. The quantitative estimate of drug-likeness (QED) is 0.152. The molecule has 1 aliphatic carbocycles. The van der Waals surface area contributed by atoms with E-state index in [9.17, 15) is 40.2 Å². The Morgan fingerprint density at radius 1 is 1.05 bits per heavy atom. The molecule has 2 aliphatic rings. The van der Waals surface area contributed by atoms with E-state index in [1.165, 1.54) is 43.6 Å². The van der Waals surface area contributed by atoms with Gasteiger partial charge in [-0.3, -0.25) is 9.59 Å². The van der Waals surface area contributed by atoms with Crippen molar-refractivity contribution >= 4 is 17.4 Å². The van der Waals surface area contributed by atoms with Crippen LogP contribution in [0.2, 0.25) is 0 Å². The fourth-order valence-electron chi connectivity index (χ4n) is 5.42. The van der Waals surface area contributed by atoms with Gasteiger partial charge in [0.05, 0.1) is 18.2 Å². The number of rotatable bonds is 7. The number of pyridine rings is 1. The van der Waals surface area contributed by atoms with Crippen LogP contribution in [-0.2, 0) is 11.2 Å². The summed E-state index contributed by atoms with van der Waals surface area (Å²) < 4.78 is 16.5. The first-order chi connectivity index (χ1) is 19.8. The molecule has 5 atom stereocenters. The summed E-state index contributed by atoms with van der Waals surface area (Å²) >= 11 is 0. The molecule has 5 unspecified atom stereocenters. The lowest BCUT2D eigenvalue weighted by atomic mass is 9.77. The van der Waals surface area contributed by atoms with Crippen molar-refractivity contribution in [3.63, 3.8) is 0 Å². The molecule has 0 bridgehead atoms. The minimum Gasteiger partial charge on any atom is -0.507 e. The predicted molar refractivity (Wildman–Crippen MR) is 144 cm³/mol. The van der Waals surface area contributed by atoms with Gasteiger partial charge in [-0.1, -0.05) is 0 Å². The number of nitrogen functional groups attached to an aromatic ring is 1. The second-order valence-electron chi connectivity index (χ2n) is 10.4. The highest BCUT2D eigenvalue weighted by atomic mass is 16.8. The smallest absolute Gasteiger partial charge is 0.231 e. The predicted octanol–water partition coefficient (Wildman–Crippen LogP) is -0.0365. The fraction of sp³-hybridized carbons (Fsp3) is 0.345. The number of phenolic OH excluding ortho intramolecular Hbond substituents is 1. The molecule has 2 heterocycles. The zero-order valence-corrected chi connectivity index (χ0v) is 22.6. The Balaban J connectivity index is 1.50. The van der Waals surface area contributed by atoms with Gasteiger partial charge >= 0.3 is 0 Å². The number of hydrogen-bond donors (Lipinski definition) is 7. The number of aryl methyl sites for hydroxylation is 2. The summed E-state index contributed by atoms with van der Waals surface area (Å²) in [5, 5.41) is 65.1. The van der Waals surface area contributed by atoms with Crippen LogP contribution in [0.1, 0.15) is 49.4 Å². The molecule has 2 aromatic carbocycles. The number of aromatic hydroxyl groups is 1. The van der Waals surface area contributed by atoms with Gasteiger partial charge in [0.15, 0.2) is 5.78 Å². The number of methoxy groups -OCH3 is 1. The van der Waals surface area contributed by atoms with E-state index in [-0.39, 0.29) is 46.0 Å². The molecule has 0 saturated carbocycles. The number of phenols is 1. The Morgan fingerprint density at radius 2 is 1.76 bits per heavy atom. The van der Waals surface area contributed by atoms with Crippen molar-refractivity contribution in [1.29, 1.82) is 0 Å². The van der Waals surface area contributed by atoms with Crippen LogP contribution in [0, 0.1) is 6.92 Å². The first-order valence-electron chi connectivity index (χ1n) is 12.9. The first-order valence-corrected chi connectivity index (χ1v) is 12.9. The number of benzene rings is 2. The monoisotopic (exact) mass is 582 g/mol. The highest BCUT2D eigenvalue weighted by Gasteiger charge is 2.63. The van der Waals surface area contributed by atoms with Gasteiger partial charge in [0.2, 0.25) is 17.9 Å². The van der Waals surface area contributed by atoms with Crippen LogP contribution in [0.15, 0.2) is 42.6 Å². The average Bonchev–Trinajstić information content (AvgIpc) is 2.96. The minimum atomic E-state index is -2.85. The van der Waals surface area contributed by atoms with Gasteiger partial charge in [0.1, 0.15) is 47.5 Å². The maximum atomic E-state index is 13.6. The second kappa shape index (κ2) is 10.6. The molecular formula is C29H30N2O11. The highest BCUT2D eigenvalue weighted by Crippen LogP contribution is 2.43. The van der Waals surface area contributed by atoms with Crippen LogP contribution in [0.25, 0.3) is 0 Å². The van der Waals surface area contributed by atoms with Crippen LogP contribution < -0.4 is 15.2 Å². The van der Waals surface area contributed by atoms with Crippen molar-refractivity contribution < 1.29 is 54.4 Å². The summed E-state index contributed by atoms with van der Waals surface area (Å²) in [5.74, 6) is -4.71. The molecule has 1 fully saturated rings. The van der Waals surface area contributed by atoms with Crippen LogP contribution in [0.3, 0.4) is 0 Å². The number of nitrogens with two attached hydrogens (primary N) is 1. The van der Waals surface area contributed by atoms with Gasteiger partial charge < -0.3 is 50.6 Å². The Labute approximate surface area is 239 Å². The van der Waals surface area contributed by atoms with Crippen molar-refractivity contribution in [2.45, 2.75) is 49.7 Å². The molecule has 1 aliphatic heterocycles. The molecule has 13 heteroatoms. The number of ether oxygens (including phenoxy) is 3. The zero-order valence-electron chi connectivity index (χ0n) is 22.6. The number of carbonyl (C=O) groups excluding carboxylic acids is 2. The van der Waals surface area contributed by atoms with E-state index in [1.807, 2.05) is 0 Å². The van der Waals surface area contributed by atoms with Gasteiger partial charge in [0.25, 0.3) is 0 Å². The molecule has 13 nitrogen and oxygen atoms in total. The summed E-state index contributed by atoms with van der Waals surface area (Å²) in [7, 11) is 1.31. The molecule has 1 aromatic heterocycles. The Kier molecular flexibility index (Phi) is 7.43.